The van der Waals surface area contributed by atoms with Gasteiger partial charge in [-0.3, -0.25) is 4.98 Å². The van der Waals surface area contributed by atoms with Crippen LogP contribution in [0.4, 0.5) is 0 Å². The highest BCUT2D eigenvalue weighted by molar-refractivity contribution is 14.1. The van der Waals surface area contributed by atoms with E-state index >= 15 is 0 Å². The number of alkyl halides is 1. The molecule has 1 aromatic heterocycles. The van der Waals surface area contributed by atoms with Gasteiger partial charge in [-0.2, -0.15) is 0 Å². The fraction of sp³-hybridized carbons (Fsp3) is 0.583. The van der Waals surface area contributed by atoms with Gasteiger partial charge in [0.25, 0.3) is 0 Å². The maximum absolute atomic E-state index is 9.92. The molecule has 0 saturated heterocycles. The Morgan fingerprint density at radius 3 is 2.75 bits per heavy atom. The number of fused-ring (bicyclic) bond motifs is 1. The van der Waals surface area contributed by atoms with Crippen molar-refractivity contribution in [1.82, 2.24) is 4.98 Å². The molecule has 1 aromatic rings. The lowest BCUT2D eigenvalue weighted by Crippen LogP contribution is -2.28. The molecular formula is C12H17IN2O. The molecule has 2 atom stereocenters. The highest BCUT2D eigenvalue weighted by Crippen LogP contribution is 2.43. The van der Waals surface area contributed by atoms with Gasteiger partial charge in [-0.25, -0.2) is 0 Å². The average Bonchev–Trinajstić information content (AvgIpc) is 2.36. The normalized spacial score (nSPS) is 29.2. The van der Waals surface area contributed by atoms with Gasteiger partial charge in [0.15, 0.2) is 0 Å². The van der Waals surface area contributed by atoms with E-state index in [2.05, 4.69) is 34.5 Å². The molecule has 0 spiro atoms. The topological polar surface area (TPSA) is 59.1 Å². The molecule has 0 bridgehead atoms. The number of pyridine rings is 1. The van der Waals surface area contributed by atoms with E-state index in [1.807, 2.05) is 12.1 Å². The Morgan fingerprint density at radius 2 is 2.19 bits per heavy atom. The summed E-state index contributed by atoms with van der Waals surface area (Å²) in [5.41, 5.74) is 8.15. The number of rotatable bonds is 1. The van der Waals surface area contributed by atoms with E-state index in [4.69, 9.17) is 5.73 Å². The van der Waals surface area contributed by atoms with Gasteiger partial charge in [0.2, 0.25) is 0 Å². The van der Waals surface area contributed by atoms with Gasteiger partial charge in [0.05, 0.1) is 5.69 Å². The molecule has 0 aliphatic heterocycles. The summed E-state index contributed by atoms with van der Waals surface area (Å²) in [7, 11) is 0. The molecule has 2 rings (SSSR count). The molecule has 0 saturated carbocycles. The lowest BCUT2D eigenvalue weighted by atomic mass is 10.0. The summed E-state index contributed by atoms with van der Waals surface area (Å²) in [5, 5.41) is 9.92. The van der Waals surface area contributed by atoms with Crippen molar-refractivity contribution in [2.45, 2.75) is 42.3 Å². The number of nitrogens with two attached hydrogens (primary N) is 1. The van der Waals surface area contributed by atoms with E-state index in [-0.39, 0.29) is 9.46 Å². The zero-order valence-corrected chi connectivity index (χ0v) is 11.9. The number of aromatic nitrogens is 1. The molecule has 4 heteroatoms. The second-order valence-corrected chi connectivity index (χ2v) is 7.69. The first-order valence-electron chi connectivity index (χ1n) is 5.39. The van der Waals surface area contributed by atoms with Crippen molar-refractivity contribution in [3.05, 3.63) is 29.1 Å². The summed E-state index contributed by atoms with van der Waals surface area (Å²) in [6, 6.07) is 3.91. The predicted octanol–water partition coefficient (Wildman–Crippen LogP) is 2.06. The van der Waals surface area contributed by atoms with Crippen LogP contribution in [0.15, 0.2) is 12.1 Å². The number of aliphatic hydroxyl groups is 1. The van der Waals surface area contributed by atoms with Crippen LogP contribution in [0.2, 0.25) is 0 Å². The number of nitrogens with zero attached hydrogens (tertiary/aromatic N) is 1. The standard InChI is InChI=1S/C12H17IN2O/c1-11(2,16)9-5-4-7-8(15-9)6-12(3,13)10(7)14/h4-5,10,16H,6,14H2,1-3H3/t10-,12?/m1/s1. The van der Waals surface area contributed by atoms with Crippen molar-refractivity contribution >= 4 is 22.6 Å². The van der Waals surface area contributed by atoms with Crippen molar-refractivity contribution < 1.29 is 5.11 Å². The molecule has 1 aliphatic carbocycles. The van der Waals surface area contributed by atoms with E-state index in [9.17, 15) is 5.11 Å². The zero-order chi connectivity index (χ0) is 12.1. The minimum atomic E-state index is -0.886. The molecule has 88 valence electrons. The van der Waals surface area contributed by atoms with Crippen molar-refractivity contribution in [3.63, 3.8) is 0 Å². The Kier molecular flexibility index (Phi) is 2.79. The van der Waals surface area contributed by atoms with Crippen LogP contribution in [-0.2, 0) is 12.0 Å². The second kappa shape index (κ2) is 3.65. The summed E-state index contributed by atoms with van der Waals surface area (Å²) >= 11 is 2.39. The molecule has 16 heavy (non-hydrogen) atoms. The molecule has 1 heterocycles. The summed E-state index contributed by atoms with van der Waals surface area (Å²) in [6.07, 6.45) is 0.869. The Hall–Kier alpha value is -0.200. The molecule has 3 nitrogen and oxygen atoms in total. The predicted molar refractivity (Wildman–Crippen MR) is 72.5 cm³/mol. The SMILES string of the molecule is CC(C)(O)c1ccc2c(n1)CC(C)(I)[C@@H]2N. The van der Waals surface area contributed by atoms with E-state index in [1.54, 1.807) is 13.8 Å². The van der Waals surface area contributed by atoms with Gasteiger partial charge >= 0.3 is 0 Å². The van der Waals surface area contributed by atoms with Gasteiger partial charge in [0.1, 0.15) is 5.60 Å². The molecule has 0 radical (unpaired) electrons. The van der Waals surface area contributed by atoms with Crippen LogP contribution in [0.25, 0.3) is 0 Å². The van der Waals surface area contributed by atoms with Gasteiger partial charge < -0.3 is 10.8 Å². The van der Waals surface area contributed by atoms with Crippen LogP contribution in [0.1, 0.15) is 43.8 Å². The Bertz CT molecular complexity index is 424. The summed E-state index contributed by atoms with van der Waals surface area (Å²) in [6.45, 7) is 5.64. The average molecular weight is 332 g/mol. The maximum atomic E-state index is 9.92. The molecule has 0 amide bonds. The van der Waals surface area contributed by atoms with Crippen molar-refractivity contribution in [1.29, 1.82) is 0 Å². The summed E-state index contributed by atoms with van der Waals surface area (Å²) in [5.74, 6) is 0. The van der Waals surface area contributed by atoms with E-state index in [0.29, 0.717) is 5.69 Å². The molecule has 1 aliphatic rings. The van der Waals surface area contributed by atoms with Gasteiger partial charge in [0, 0.05) is 21.6 Å². The van der Waals surface area contributed by atoms with Gasteiger partial charge in [-0.1, -0.05) is 28.7 Å². The number of hydrogen-bond donors (Lipinski definition) is 2. The molecule has 3 N–H and O–H groups in total. The number of hydrogen-bond acceptors (Lipinski definition) is 3. The van der Waals surface area contributed by atoms with Crippen molar-refractivity contribution in [2.75, 3.05) is 0 Å². The largest absolute Gasteiger partial charge is 0.384 e. The van der Waals surface area contributed by atoms with Crippen LogP contribution < -0.4 is 5.73 Å². The Balaban J connectivity index is 2.45. The molecule has 0 aromatic carbocycles. The third-order valence-electron chi connectivity index (χ3n) is 3.13. The minimum absolute atomic E-state index is 0.0331. The summed E-state index contributed by atoms with van der Waals surface area (Å²) < 4.78 is 0.0331. The first kappa shape index (κ1) is 12.3. The third-order valence-corrected chi connectivity index (χ3v) is 4.19. The smallest absolute Gasteiger partial charge is 0.101 e. The monoisotopic (exact) mass is 332 g/mol. The summed E-state index contributed by atoms with van der Waals surface area (Å²) in [4.78, 5) is 4.54. The first-order valence-corrected chi connectivity index (χ1v) is 6.47. The van der Waals surface area contributed by atoms with Crippen LogP contribution in [0.5, 0.6) is 0 Å². The van der Waals surface area contributed by atoms with Gasteiger partial charge in [-0.05, 0) is 32.4 Å². The molecule has 1 unspecified atom stereocenters. The third kappa shape index (κ3) is 1.98. The van der Waals surface area contributed by atoms with Gasteiger partial charge in [-0.15, -0.1) is 0 Å². The highest BCUT2D eigenvalue weighted by atomic mass is 127. The fourth-order valence-electron chi connectivity index (χ4n) is 2.04. The molecular weight excluding hydrogens is 315 g/mol. The van der Waals surface area contributed by atoms with Crippen LogP contribution in [0, 0.1) is 0 Å². The Morgan fingerprint density at radius 1 is 1.56 bits per heavy atom. The second-order valence-electron chi connectivity index (χ2n) is 5.22. The van der Waals surface area contributed by atoms with Crippen LogP contribution in [-0.4, -0.2) is 13.5 Å². The van der Waals surface area contributed by atoms with E-state index in [1.165, 1.54) is 0 Å². The van der Waals surface area contributed by atoms with Crippen molar-refractivity contribution in [2.24, 2.45) is 5.73 Å². The quantitative estimate of drug-likeness (QED) is 0.611. The lowest BCUT2D eigenvalue weighted by Gasteiger charge is -2.20. The van der Waals surface area contributed by atoms with Crippen molar-refractivity contribution in [3.8, 4) is 0 Å². The number of halogens is 1. The first-order chi connectivity index (χ1) is 7.22. The van der Waals surface area contributed by atoms with E-state index in [0.717, 1.165) is 17.7 Å². The lowest BCUT2D eigenvalue weighted by molar-refractivity contribution is 0.0736. The van der Waals surface area contributed by atoms with Crippen LogP contribution in [0.3, 0.4) is 0 Å². The fourth-order valence-corrected chi connectivity index (χ4v) is 2.74. The highest BCUT2D eigenvalue weighted by Gasteiger charge is 2.39. The minimum Gasteiger partial charge on any atom is -0.384 e. The van der Waals surface area contributed by atoms with E-state index < -0.39 is 5.60 Å². The Labute approximate surface area is 110 Å². The molecule has 0 fully saturated rings. The van der Waals surface area contributed by atoms with Crippen LogP contribution >= 0.6 is 22.6 Å². The maximum Gasteiger partial charge on any atom is 0.101 e. The zero-order valence-electron chi connectivity index (χ0n) is 9.79.